The molecule has 0 atom stereocenters. The van der Waals surface area contributed by atoms with Gasteiger partial charge >= 0.3 is 0 Å². The average Bonchev–Trinajstić information content (AvgIpc) is 3.51. The maximum absolute atomic E-state index is 4.87. The average molecular weight is 409 g/mol. The summed E-state index contributed by atoms with van der Waals surface area (Å²) >= 11 is 1.75. The first-order valence-corrected chi connectivity index (χ1v) is 10.2. The monoisotopic (exact) mass is 409 g/mol. The molecule has 1 aromatic carbocycles. The largest absolute Gasteiger partial charge is 0.321 e. The zero-order valence-corrected chi connectivity index (χ0v) is 16.7. The first-order valence-electron chi connectivity index (χ1n) is 9.43. The third-order valence-corrected chi connectivity index (χ3v) is 6.07. The number of rotatable bonds is 3. The van der Waals surface area contributed by atoms with Gasteiger partial charge < -0.3 is 4.98 Å². The Balaban J connectivity index is 1.52. The van der Waals surface area contributed by atoms with E-state index in [0.717, 1.165) is 44.6 Å². The highest BCUT2D eigenvalue weighted by molar-refractivity contribution is 7.15. The summed E-state index contributed by atoms with van der Waals surface area (Å²) < 4.78 is 0. The van der Waals surface area contributed by atoms with Crippen molar-refractivity contribution in [3.8, 4) is 33.2 Å². The second-order valence-electron chi connectivity index (χ2n) is 6.97. The van der Waals surface area contributed by atoms with Crippen LogP contribution in [0.3, 0.4) is 0 Å². The van der Waals surface area contributed by atoms with Crippen molar-refractivity contribution in [2.24, 2.45) is 0 Å². The van der Waals surface area contributed by atoms with Crippen LogP contribution in [0, 0.1) is 6.92 Å². The van der Waals surface area contributed by atoms with E-state index in [1.165, 1.54) is 9.75 Å². The lowest BCUT2D eigenvalue weighted by Crippen LogP contribution is -1.85. The molecule has 0 aliphatic heterocycles. The molecule has 0 radical (unpaired) electrons. The lowest BCUT2D eigenvalue weighted by molar-refractivity contribution is 1.10. The van der Waals surface area contributed by atoms with Gasteiger partial charge in [0.05, 0.1) is 17.4 Å². The van der Waals surface area contributed by atoms with Gasteiger partial charge in [0.15, 0.2) is 11.5 Å². The van der Waals surface area contributed by atoms with Crippen LogP contribution in [0.15, 0.2) is 61.2 Å². The van der Waals surface area contributed by atoms with Crippen molar-refractivity contribution in [2.75, 3.05) is 0 Å². The van der Waals surface area contributed by atoms with E-state index in [1.54, 1.807) is 29.9 Å². The third kappa shape index (κ3) is 2.69. The Morgan fingerprint density at radius 3 is 2.77 bits per heavy atom. The van der Waals surface area contributed by atoms with Crippen LogP contribution >= 0.6 is 11.3 Å². The minimum Gasteiger partial charge on any atom is -0.321 e. The molecule has 30 heavy (non-hydrogen) atoms. The molecule has 0 saturated carbocycles. The van der Waals surface area contributed by atoms with Crippen LogP contribution in [0.2, 0.25) is 0 Å². The van der Waals surface area contributed by atoms with Crippen molar-refractivity contribution in [3.05, 3.63) is 66.1 Å². The van der Waals surface area contributed by atoms with E-state index in [2.05, 4.69) is 55.3 Å². The summed E-state index contributed by atoms with van der Waals surface area (Å²) in [7, 11) is 0. The number of nitrogens with zero attached hydrogens (tertiary/aromatic N) is 5. The molecule has 8 heteroatoms. The van der Waals surface area contributed by atoms with E-state index in [1.807, 2.05) is 24.4 Å². The summed E-state index contributed by atoms with van der Waals surface area (Å²) in [4.78, 5) is 23.7. The first-order chi connectivity index (χ1) is 14.8. The Hall–Kier alpha value is -3.91. The van der Waals surface area contributed by atoms with Crippen LogP contribution < -0.4 is 0 Å². The molecule has 0 fully saturated rings. The van der Waals surface area contributed by atoms with Gasteiger partial charge in [-0.2, -0.15) is 5.10 Å². The van der Waals surface area contributed by atoms with E-state index in [0.29, 0.717) is 5.82 Å². The van der Waals surface area contributed by atoms with E-state index >= 15 is 0 Å². The van der Waals surface area contributed by atoms with Crippen molar-refractivity contribution in [1.29, 1.82) is 0 Å². The van der Waals surface area contributed by atoms with Crippen LogP contribution in [0.25, 0.3) is 55.3 Å². The summed E-state index contributed by atoms with van der Waals surface area (Å²) in [5.74, 6) is 0.681. The summed E-state index contributed by atoms with van der Waals surface area (Å²) in [5, 5.41) is 8.58. The quantitative estimate of drug-likeness (QED) is 0.429. The number of thiophene rings is 1. The highest BCUT2D eigenvalue weighted by Gasteiger charge is 2.17. The van der Waals surface area contributed by atoms with Crippen molar-refractivity contribution in [1.82, 2.24) is 35.1 Å². The van der Waals surface area contributed by atoms with E-state index < -0.39 is 0 Å². The van der Waals surface area contributed by atoms with Crippen molar-refractivity contribution in [2.45, 2.75) is 6.92 Å². The van der Waals surface area contributed by atoms with Crippen LogP contribution in [-0.2, 0) is 0 Å². The molecule has 5 heterocycles. The summed E-state index contributed by atoms with van der Waals surface area (Å²) in [5.41, 5.74) is 6.13. The number of aromatic nitrogens is 7. The number of hydrogen-bond acceptors (Lipinski definition) is 6. The Bertz CT molecular complexity index is 1510. The van der Waals surface area contributed by atoms with Crippen LogP contribution in [0.1, 0.15) is 4.88 Å². The molecule has 7 nitrogen and oxygen atoms in total. The molecule has 144 valence electrons. The number of imidazole rings is 1. The second kappa shape index (κ2) is 6.57. The minimum absolute atomic E-state index is 0.681. The van der Waals surface area contributed by atoms with Gasteiger partial charge in [0, 0.05) is 44.9 Å². The number of aryl methyl sites for hydroxylation is 1. The summed E-state index contributed by atoms with van der Waals surface area (Å²) in [6.45, 7) is 2.10. The first kappa shape index (κ1) is 17.0. The van der Waals surface area contributed by atoms with E-state index in [9.17, 15) is 0 Å². The molecule has 0 bridgehead atoms. The van der Waals surface area contributed by atoms with Gasteiger partial charge in [0.1, 0.15) is 11.2 Å². The number of H-pyrrole nitrogens is 2. The molecule has 0 amide bonds. The van der Waals surface area contributed by atoms with Gasteiger partial charge in [0.25, 0.3) is 0 Å². The SMILES string of the molecule is Cc1ccc(-c2ccnc3[nH]c(-c4n[nH]c5ccc(-c6cnccn6)cc45)nc23)s1. The van der Waals surface area contributed by atoms with E-state index in [4.69, 9.17) is 4.98 Å². The Morgan fingerprint density at radius 1 is 0.967 bits per heavy atom. The van der Waals surface area contributed by atoms with Gasteiger partial charge in [0.2, 0.25) is 0 Å². The molecule has 5 aromatic heterocycles. The standard InChI is InChI=1S/C22H15N7S/c1-12-2-5-18(30-12)14-6-7-25-21-19(14)26-22(27-21)20-15-10-13(3-4-16(15)28-29-20)17-11-23-8-9-24-17/h2-11H,1H3,(H,28,29)(H,25,26,27). The number of nitrogens with one attached hydrogen (secondary N) is 2. The number of pyridine rings is 1. The maximum atomic E-state index is 4.87. The lowest BCUT2D eigenvalue weighted by Gasteiger charge is -2.00. The Kier molecular flexibility index (Phi) is 3.72. The topological polar surface area (TPSA) is 96.0 Å². The fourth-order valence-electron chi connectivity index (χ4n) is 3.60. The second-order valence-corrected chi connectivity index (χ2v) is 8.26. The van der Waals surface area contributed by atoms with Gasteiger partial charge in [-0.3, -0.25) is 15.1 Å². The van der Waals surface area contributed by atoms with Crippen molar-refractivity contribution in [3.63, 3.8) is 0 Å². The molecular formula is C22H15N7S. The smallest absolute Gasteiger partial charge is 0.160 e. The van der Waals surface area contributed by atoms with Crippen LogP contribution in [-0.4, -0.2) is 35.1 Å². The fraction of sp³-hybridized carbons (Fsp3) is 0.0455. The van der Waals surface area contributed by atoms with Gasteiger partial charge in [-0.25, -0.2) is 9.97 Å². The Labute approximate surface area is 174 Å². The van der Waals surface area contributed by atoms with Crippen LogP contribution in [0.4, 0.5) is 0 Å². The summed E-state index contributed by atoms with van der Waals surface area (Å²) in [6.07, 6.45) is 6.92. The van der Waals surface area contributed by atoms with Crippen LogP contribution in [0.5, 0.6) is 0 Å². The highest BCUT2D eigenvalue weighted by atomic mass is 32.1. The molecule has 0 aliphatic carbocycles. The molecular weight excluding hydrogens is 394 g/mol. The maximum Gasteiger partial charge on any atom is 0.160 e. The number of benzene rings is 1. The molecule has 2 N–H and O–H groups in total. The number of aromatic amines is 2. The van der Waals surface area contributed by atoms with E-state index in [-0.39, 0.29) is 0 Å². The molecule has 0 unspecified atom stereocenters. The molecule has 6 rings (SSSR count). The number of hydrogen-bond donors (Lipinski definition) is 2. The molecule has 0 spiro atoms. The van der Waals surface area contributed by atoms with Crippen molar-refractivity contribution >= 4 is 33.4 Å². The number of fused-ring (bicyclic) bond motifs is 2. The zero-order valence-electron chi connectivity index (χ0n) is 15.9. The molecule has 6 aromatic rings. The van der Waals surface area contributed by atoms with Crippen molar-refractivity contribution < 1.29 is 0 Å². The molecule has 0 saturated heterocycles. The van der Waals surface area contributed by atoms with Gasteiger partial charge in [-0.15, -0.1) is 11.3 Å². The predicted molar refractivity (Wildman–Crippen MR) is 118 cm³/mol. The highest BCUT2D eigenvalue weighted by Crippen LogP contribution is 2.34. The normalized spacial score (nSPS) is 11.5. The van der Waals surface area contributed by atoms with Gasteiger partial charge in [-0.05, 0) is 37.3 Å². The molecule has 0 aliphatic rings. The zero-order chi connectivity index (χ0) is 20.1. The predicted octanol–water partition coefficient (Wildman–Crippen LogP) is 5.00. The summed E-state index contributed by atoms with van der Waals surface area (Å²) in [6, 6.07) is 12.3. The lowest BCUT2D eigenvalue weighted by atomic mass is 10.1. The minimum atomic E-state index is 0.681. The fourth-order valence-corrected chi connectivity index (χ4v) is 4.50. The van der Waals surface area contributed by atoms with Gasteiger partial charge in [-0.1, -0.05) is 6.07 Å². The third-order valence-electron chi connectivity index (χ3n) is 5.04. The Morgan fingerprint density at radius 2 is 1.93 bits per heavy atom.